The van der Waals surface area contributed by atoms with Crippen LogP contribution in [-0.2, 0) is 6.42 Å². The molecule has 0 bridgehead atoms. The lowest BCUT2D eigenvalue weighted by Gasteiger charge is -2.10. The van der Waals surface area contributed by atoms with Crippen molar-refractivity contribution in [1.29, 1.82) is 0 Å². The van der Waals surface area contributed by atoms with Crippen LogP contribution in [0.4, 0.5) is 0 Å². The van der Waals surface area contributed by atoms with Gasteiger partial charge in [0.1, 0.15) is 0 Å². The Hall–Kier alpha value is -1.46. The third kappa shape index (κ3) is 1.73. The lowest BCUT2D eigenvalue weighted by Crippen LogP contribution is -2.19. The van der Waals surface area contributed by atoms with E-state index in [1.165, 1.54) is 24.0 Å². The minimum absolute atomic E-state index is 0.465. The van der Waals surface area contributed by atoms with Gasteiger partial charge in [0.2, 0.25) is 0 Å². The molecular weight excluding hydrogens is 172 g/mol. The fourth-order valence-electron chi connectivity index (χ4n) is 1.99. The molecule has 1 aliphatic rings. The predicted octanol–water partition coefficient (Wildman–Crippen LogP) is 1.18. The van der Waals surface area contributed by atoms with Crippen molar-refractivity contribution in [2.45, 2.75) is 18.9 Å². The van der Waals surface area contributed by atoms with E-state index in [1.54, 1.807) is 0 Å². The van der Waals surface area contributed by atoms with E-state index in [2.05, 4.69) is 41.5 Å². The first kappa shape index (κ1) is 9.11. The third-order valence-electron chi connectivity index (χ3n) is 2.67. The molecule has 3 N–H and O–H groups in total. The number of hydrogen-bond acceptors (Lipinski definition) is 2. The zero-order valence-corrected chi connectivity index (χ0v) is 8.09. The van der Waals surface area contributed by atoms with Crippen LogP contribution in [0.25, 0.3) is 0 Å². The summed E-state index contributed by atoms with van der Waals surface area (Å²) in [5, 5.41) is 3.39. The van der Waals surface area contributed by atoms with Crippen LogP contribution in [0.2, 0.25) is 0 Å². The average molecular weight is 186 g/mol. The molecule has 1 aliphatic carbocycles. The number of benzene rings is 1. The molecule has 1 aromatic rings. The standard InChI is InChI=1S/C12H14N2/c13-8-3-9-14-12-7-6-10-4-1-2-5-11(10)12/h1-2,4-5,12,14H,6-7,9,13H2. The molecular formula is C12H14N2. The van der Waals surface area contributed by atoms with Crippen LogP contribution in [0.3, 0.4) is 0 Å². The van der Waals surface area contributed by atoms with Gasteiger partial charge < -0.3 is 5.73 Å². The lowest BCUT2D eigenvalue weighted by molar-refractivity contribution is 0.568. The van der Waals surface area contributed by atoms with E-state index in [4.69, 9.17) is 5.73 Å². The molecule has 0 aliphatic heterocycles. The van der Waals surface area contributed by atoms with Crippen molar-refractivity contribution in [3.05, 3.63) is 35.4 Å². The molecule has 0 fully saturated rings. The van der Waals surface area contributed by atoms with Gasteiger partial charge in [-0.25, -0.2) is 0 Å². The summed E-state index contributed by atoms with van der Waals surface area (Å²) in [5.41, 5.74) is 7.99. The largest absolute Gasteiger partial charge is 0.359 e. The van der Waals surface area contributed by atoms with Crippen molar-refractivity contribution in [3.63, 3.8) is 0 Å². The zero-order valence-electron chi connectivity index (χ0n) is 8.09. The van der Waals surface area contributed by atoms with Crippen LogP contribution >= 0.6 is 0 Å². The molecule has 0 heterocycles. The first-order valence-corrected chi connectivity index (χ1v) is 4.91. The van der Waals surface area contributed by atoms with Crippen LogP contribution in [0.1, 0.15) is 23.6 Å². The Labute approximate surface area is 84.5 Å². The third-order valence-corrected chi connectivity index (χ3v) is 2.67. The highest BCUT2D eigenvalue weighted by Crippen LogP contribution is 2.30. The fraction of sp³-hybridized carbons (Fsp3) is 0.333. The van der Waals surface area contributed by atoms with Gasteiger partial charge in [-0.15, -0.1) is 0 Å². The van der Waals surface area contributed by atoms with Gasteiger partial charge in [-0.05, 0) is 24.0 Å². The van der Waals surface area contributed by atoms with Gasteiger partial charge in [0.25, 0.3) is 0 Å². The molecule has 0 spiro atoms. The Morgan fingerprint density at radius 3 is 3.14 bits per heavy atom. The van der Waals surface area contributed by atoms with E-state index in [0.29, 0.717) is 12.6 Å². The van der Waals surface area contributed by atoms with Gasteiger partial charge in [0.05, 0.1) is 6.54 Å². The van der Waals surface area contributed by atoms with Gasteiger partial charge in [-0.2, -0.15) is 0 Å². The van der Waals surface area contributed by atoms with Crippen molar-refractivity contribution in [1.82, 2.24) is 5.32 Å². The van der Waals surface area contributed by atoms with E-state index in [1.807, 2.05) is 0 Å². The van der Waals surface area contributed by atoms with Crippen LogP contribution in [0.5, 0.6) is 0 Å². The summed E-state index contributed by atoms with van der Waals surface area (Å²) in [6.45, 7) is 0.676. The number of aryl methyl sites for hydroxylation is 1. The van der Waals surface area contributed by atoms with Gasteiger partial charge in [-0.1, -0.05) is 30.2 Å². The van der Waals surface area contributed by atoms with E-state index >= 15 is 0 Å². The molecule has 0 saturated carbocycles. The lowest BCUT2D eigenvalue weighted by atomic mass is 10.1. The van der Waals surface area contributed by atoms with Crippen LogP contribution in [0, 0.1) is 12.0 Å². The number of rotatable bonds is 2. The fourth-order valence-corrected chi connectivity index (χ4v) is 1.99. The Morgan fingerprint density at radius 1 is 1.43 bits per heavy atom. The van der Waals surface area contributed by atoms with E-state index in [-0.39, 0.29) is 0 Å². The summed E-state index contributed by atoms with van der Waals surface area (Å²) < 4.78 is 0. The predicted molar refractivity (Wildman–Crippen MR) is 57.5 cm³/mol. The molecule has 2 rings (SSSR count). The molecule has 0 radical (unpaired) electrons. The quantitative estimate of drug-likeness (QED) is 0.537. The maximum atomic E-state index is 5.11. The number of nitrogens with one attached hydrogen (secondary N) is 1. The average Bonchev–Trinajstić information content (AvgIpc) is 2.63. The van der Waals surface area contributed by atoms with Gasteiger partial charge in [0, 0.05) is 12.1 Å². The number of nitrogens with two attached hydrogens (primary N) is 1. The second-order valence-corrected chi connectivity index (χ2v) is 3.49. The highest BCUT2D eigenvalue weighted by molar-refractivity contribution is 5.34. The van der Waals surface area contributed by atoms with Crippen molar-refractivity contribution in [2.75, 3.05) is 6.54 Å². The Morgan fingerprint density at radius 2 is 2.29 bits per heavy atom. The summed E-state index contributed by atoms with van der Waals surface area (Å²) in [7, 11) is 0. The molecule has 72 valence electrons. The first-order valence-electron chi connectivity index (χ1n) is 4.91. The topological polar surface area (TPSA) is 38.0 Å². The molecule has 14 heavy (non-hydrogen) atoms. The number of fused-ring (bicyclic) bond motifs is 1. The molecule has 2 heteroatoms. The molecule has 0 amide bonds. The van der Waals surface area contributed by atoms with Gasteiger partial charge >= 0.3 is 0 Å². The molecule has 1 unspecified atom stereocenters. The van der Waals surface area contributed by atoms with Crippen LogP contribution in [-0.4, -0.2) is 6.54 Å². The van der Waals surface area contributed by atoms with Crippen molar-refractivity contribution >= 4 is 0 Å². The Kier molecular flexibility index (Phi) is 2.71. The Balaban J connectivity index is 2.05. The van der Waals surface area contributed by atoms with Crippen molar-refractivity contribution < 1.29 is 0 Å². The molecule has 2 nitrogen and oxygen atoms in total. The van der Waals surface area contributed by atoms with E-state index < -0.39 is 0 Å². The van der Waals surface area contributed by atoms with E-state index in [9.17, 15) is 0 Å². The summed E-state index contributed by atoms with van der Waals surface area (Å²) in [5.74, 6) is 2.82. The molecule has 0 saturated heterocycles. The minimum atomic E-state index is 0.465. The zero-order chi connectivity index (χ0) is 9.80. The normalized spacial score (nSPS) is 18.4. The summed E-state index contributed by atoms with van der Waals surface area (Å²) in [6, 6.07) is 11.4. The summed E-state index contributed by atoms with van der Waals surface area (Å²) >= 11 is 0. The molecule has 1 atom stereocenters. The summed E-state index contributed by atoms with van der Waals surface area (Å²) in [4.78, 5) is 0. The molecule has 1 aromatic carbocycles. The second kappa shape index (κ2) is 4.17. The second-order valence-electron chi connectivity index (χ2n) is 3.49. The minimum Gasteiger partial charge on any atom is -0.359 e. The SMILES string of the molecule is NC#CCNC1CCc2ccccc21. The number of hydrogen-bond donors (Lipinski definition) is 2. The van der Waals surface area contributed by atoms with Crippen molar-refractivity contribution in [3.8, 4) is 12.0 Å². The smallest absolute Gasteiger partial charge is 0.0599 e. The Bertz CT molecular complexity index is 373. The first-order chi connectivity index (χ1) is 6.92. The maximum absolute atomic E-state index is 5.11. The maximum Gasteiger partial charge on any atom is 0.0599 e. The summed E-state index contributed by atoms with van der Waals surface area (Å²) in [6.07, 6.45) is 2.34. The van der Waals surface area contributed by atoms with Crippen molar-refractivity contribution in [2.24, 2.45) is 5.73 Å². The monoisotopic (exact) mass is 186 g/mol. The van der Waals surface area contributed by atoms with Crippen LogP contribution < -0.4 is 11.1 Å². The van der Waals surface area contributed by atoms with E-state index in [0.717, 1.165) is 0 Å². The van der Waals surface area contributed by atoms with Gasteiger partial charge in [-0.3, -0.25) is 5.32 Å². The molecule has 0 aromatic heterocycles. The highest BCUT2D eigenvalue weighted by atomic mass is 14.9. The van der Waals surface area contributed by atoms with Crippen LogP contribution in [0.15, 0.2) is 24.3 Å². The highest BCUT2D eigenvalue weighted by Gasteiger charge is 2.20. The van der Waals surface area contributed by atoms with Gasteiger partial charge in [0.15, 0.2) is 0 Å².